The van der Waals surface area contributed by atoms with Gasteiger partial charge in [-0.1, -0.05) is 60.7 Å². The molecule has 0 bridgehead atoms. The highest BCUT2D eigenvalue weighted by Gasteiger charge is 2.68. The van der Waals surface area contributed by atoms with Crippen molar-refractivity contribution in [3.05, 3.63) is 71.8 Å². The fraction of sp³-hybridized carbons (Fsp3) is 0.261. The van der Waals surface area contributed by atoms with Gasteiger partial charge in [0.15, 0.2) is 5.54 Å². The Morgan fingerprint density at radius 3 is 2.40 bits per heavy atom. The van der Waals surface area contributed by atoms with Crippen LogP contribution in [0.1, 0.15) is 11.1 Å². The molecule has 7 nitrogen and oxygen atoms in total. The van der Waals surface area contributed by atoms with Gasteiger partial charge in [0.25, 0.3) is 0 Å². The summed E-state index contributed by atoms with van der Waals surface area (Å²) in [6, 6.07) is 15.6. The third-order valence-corrected chi connectivity index (χ3v) is 5.98. The molecule has 0 aromatic heterocycles. The summed E-state index contributed by atoms with van der Waals surface area (Å²) in [7, 11) is 0. The molecule has 154 valence electrons. The van der Waals surface area contributed by atoms with E-state index in [-0.39, 0.29) is 0 Å². The maximum absolute atomic E-state index is 13.4. The van der Waals surface area contributed by atoms with Gasteiger partial charge in [0.2, 0.25) is 11.8 Å². The number of benzene rings is 2. The predicted octanol–water partition coefficient (Wildman–Crippen LogP) is 1.60. The zero-order chi connectivity index (χ0) is 21.5. The molecule has 2 aliphatic rings. The standard InChI is InChI=1S/C23H22N2O5/c1-14-7-5-6-10-17(14)25-20(27)18-16(12-11-15-8-3-2-4-9-15)24-23(13-26,22(29)30)19(18)21(25)28/h2-12,16,18-19,24,26H,13H2,1H3,(H,29,30)/b12-11+. The van der Waals surface area contributed by atoms with E-state index in [1.54, 1.807) is 43.3 Å². The molecule has 2 fully saturated rings. The number of aryl methyl sites for hydroxylation is 1. The summed E-state index contributed by atoms with van der Waals surface area (Å²) in [5.41, 5.74) is 0.110. The molecule has 2 heterocycles. The number of hydrogen-bond donors (Lipinski definition) is 3. The molecule has 0 spiro atoms. The maximum Gasteiger partial charge on any atom is 0.327 e. The van der Waals surface area contributed by atoms with Crippen molar-refractivity contribution >= 4 is 29.5 Å². The molecule has 2 saturated heterocycles. The van der Waals surface area contributed by atoms with Crippen molar-refractivity contribution in [2.24, 2.45) is 11.8 Å². The topological polar surface area (TPSA) is 107 Å². The number of anilines is 1. The number of aliphatic carboxylic acids is 1. The van der Waals surface area contributed by atoms with Crippen LogP contribution in [0.4, 0.5) is 5.69 Å². The molecular weight excluding hydrogens is 384 g/mol. The van der Waals surface area contributed by atoms with E-state index >= 15 is 0 Å². The summed E-state index contributed by atoms with van der Waals surface area (Å²) in [6.45, 7) is 0.978. The molecule has 7 heteroatoms. The van der Waals surface area contributed by atoms with E-state index in [1.807, 2.05) is 30.3 Å². The SMILES string of the molecule is Cc1ccccc1N1C(=O)C2C(/C=C/c3ccccc3)NC(CO)(C(=O)O)C2C1=O. The van der Waals surface area contributed by atoms with Gasteiger partial charge in [-0.2, -0.15) is 0 Å². The number of fused-ring (bicyclic) bond motifs is 1. The number of amides is 2. The quantitative estimate of drug-likeness (QED) is 0.651. The number of hydrogen-bond acceptors (Lipinski definition) is 5. The lowest BCUT2D eigenvalue weighted by Gasteiger charge is -2.29. The van der Waals surface area contributed by atoms with Gasteiger partial charge in [0, 0.05) is 6.04 Å². The van der Waals surface area contributed by atoms with Gasteiger partial charge < -0.3 is 10.2 Å². The Kier molecular flexibility index (Phi) is 5.01. The Hall–Kier alpha value is -3.29. The number of carboxylic acid groups (broad SMARTS) is 1. The van der Waals surface area contributed by atoms with Gasteiger partial charge >= 0.3 is 5.97 Å². The van der Waals surface area contributed by atoms with Crippen molar-refractivity contribution in [3.63, 3.8) is 0 Å². The zero-order valence-electron chi connectivity index (χ0n) is 16.4. The number of para-hydroxylation sites is 1. The molecule has 2 aromatic carbocycles. The highest BCUT2D eigenvalue weighted by Crippen LogP contribution is 2.45. The number of rotatable bonds is 5. The summed E-state index contributed by atoms with van der Waals surface area (Å²) in [4.78, 5) is 39.9. The molecule has 4 atom stereocenters. The van der Waals surface area contributed by atoms with Crippen LogP contribution in [0.25, 0.3) is 6.08 Å². The summed E-state index contributed by atoms with van der Waals surface area (Å²) in [6.07, 6.45) is 3.47. The van der Waals surface area contributed by atoms with Crippen LogP contribution in [-0.2, 0) is 14.4 Å². The van der Waals surface area contributed by atoms with Crippen molar-refractivity contribution in [1.29, 1.82) is 0 Å². The Morgan fingerprint density at radius 2 is 1.77 bits per heavy atom. The van der Waals surface area contributed by atoms with Crippen LogP contribution in [0.5, 0.6) is 0 Å². The first-order valence-corrected chi connectivity index (χ1v) is 9.69. The minimum atomic E-state index is -1.93. The van der Waals surface area contributed by atoms with Gasteiger partial charge in [0.05, 0.1) is 24.1 Å². The molecule has 2 amide bonds. The fourth-order valence-corrected chi connectivity index (χ4v) is 4.45. The van der Waals surface area contributed by atoms with Gasteiger partial charge in [-0.15, -0.1) is 0 Å². The predicted molar refractivity (Wildman–Crippen MR) is 111 cm³/mol. The number of carbonyl (C=O) groups is 3. The largest absolute Gasteiger partial charge is 0.480 e. The molecule has 2 aliphatic heterocycles. The third-order valence-electron chi connectivity index (χ3n) is 5.98. The molecule has 2 aromatic rings. The molecule has 0 saturated carbocycles. The lowest BCUT2D eigenvalue weighted by atomic mass is 9.80. The smallest absolute Gasteiger partial charge is 0.327 e. The zero-order valence-corrected chi connectivity index (χ0v) is 16.4. The minimum absolute atomic E-state index is 0.435. The van der Waals surface area contributed by atoms with Crippen LogP contribution in [-0.4, -0.2) is 46.2 Å². The van der Waals surface area contributed by atoms with E-state index in [9.17, 15) is 24.6 Å². The second-order valence-electron chi connectivity index (χ2n) is 7.68. The first kappa shape index (κ1) is 20.0. The number of carboxylic acids is 1. The fourth-order valence-electron chi connectivity index (χ4n) is 4.45. The number of nitrogens with one attached hydrogen (secondary N) is 1. The number of nitrogens with zero attached hydrogens (tertiary/aromatic N) is 1. The lowest BCUT2D eigenvalue weighted by Crippen LogP contribution is -2.59. The van der Waals surface area contributed by atoms with E-state index in [4.69, 9.17) is 0 Å². The number of carbonyl (C=O) groups excluding carboxylic acids is 2. The van der Waals surface area contributed by atoms with Gasteiger partial charge in [0.1, 0.15) is 0 Å². The first-order chi connectivity index (χ1) is 14.4. The van der Waals surface area contributed by atoms with Crippen molar-refractivity contribution in [3.8, 4) is 0 Å². The average Bonchev–Trinajstić information content (AvgIpc) is 3.22. The molecule has 4 unspecified atom stereocenters. The summed E-state index contributed by atoms with van der Waals surface area (Å²) in [5.74, 6) is -4.58. The Bertz CT molecular complexity index is 1030. The van der Waals surface area contributed by atoms with Crippen molar-refractivity contribution < 1.29 is 24.6 Å². The molecule has 0 aliphatic carbocycles. The molecule has 4 rings (SSSR count). The normalized spacial score (nSPS) is 28.3. The second-order valence-corrected chi connectivity index (χ2v) is 7.68. The van der Waals surface area contributed by atoms with Crippen LogP contribution in [0, 0.1) is 18.8 Å². The van der Waals surface area contributed by atoms with Crippen molar-refractivity contribution in [1.82, 2.24) is 5.32 Å². The molecular formula is C23H22N2O5. The number of aliphatic hydroxyl groups is 1. The van der Waals surface area contributed by atoms with Crippen LogP contribution in [0.15, 0.2) is 60.7 Å². The van der Waals surface area contributed by atoms with E-state index < -0.39 is 47.8 Å². The Balaban J connectivity index is 1.78. The van der Waals surface area contributed by atoms with E-state index in [0.717, 1.165) is 16.0 Å². The van der Waals surface area contributed by atoms with Gasteiger partial charge in [-0.25, -0.2) is 4.90 Å². The van der Waals surface area contributed by atoms with E-state index in [1.165, 1.54) is 0 Å². The van der Waals surface area contributed by atoms with Crippen LogP contribution < -0.4 is 10.2 Å². The highest BCUT2D eigenvalue weighted by molar-refractivity contribution is 6.24. The monoisotopic (exact) mass is 406 g/mol. The van der Waals surface area contributed by atoms with Crippen molar-refractivity contribution in [2.75, 3.05) is 11.5 Å². The van der Waals surface area contributed by atoms with Crippen LogP contribution in [0.3, 0.4) is 0 Å². The summed E-state index contributed by atoms with van der Waals surface area (Å²) >= 11 is 0. The lowest BCUT2D eigenvalue weighted by molar-refractivity contribution is -0.150. The molecule has 0 radical (unpaired) electrons. The molecule has 3 N–H and O–H groups in total. The summed E-state index contributed by atoms with van der Waals surface area (Å²) < 4.78 is 0. The first-order valence-electron chi connectivity index (χ1n) is 9.69. The third kappa shape index (κ3) is 2.94. The Morgan fingerprint density at radius 1 is 1.10 bits per heavy atom. The van der Waals surface area contributed by atoms with Crippen LogP contribution >= 0.6 is 0 Å². The van der Waals surface area contributed by atoms with E-state index in [2.05, 4.69) is 5.32 Å². The van der Waals surface area contributed by atoms with Gasteiger partial charge in [-0.3, -0.25) is 19.7 Å². The summed E-state index contributed by atoms with van der Waals surface area (Å²) in [5, 5.41) is 22.8. The maximum atomic E-state index is 13.4. The number of imide groups is 1. The Labute approximate surface area is 173 Å². The van der Waals surface area contributed by atoms with Gasteiger partial charge in [-0.05, 0) is 24.1 Å². The molecule has 30 heavy (non-hydrogen) atoms. The van der Waals surface area contributed by atoms with E-state index in [0.29, 0.717) is 5.69 Å². The minimum Gasteiger partial charge on any atom is -0.480 e. The van der Waals surface area contributed by atoms with Crippen molar-refractivity contribution in [2.45, 2.75) is 18.5 Å². The van der Waals surface area contributed by atoms with Crippen LogP contribution in [0.2, 0.25) is 0 Å². The average molecular weight is 406 g/mol. The number of aliphatic hydroxyl groups excluding tert-OH is 1. The highest BCUT2D eigenvalue weighted by atomic mass is 16.4. The second kappa shape index (κ2) is 7.51.